The number of ether oxygens (including phenoxy) is 1. The zero-order valence-corrected chi connectivity index (χ0v) is 25.9. The highest BCUT2D eigenvalue weighted by atomic mass is 19.4. The van der Waals surface area contributed by atoms with Crippen LogP contribution in [-0.2, 0) is 25.7 Å². The summed E-state index contributed by atoms with van der Waals surface area (Å²) in [5.74, 6) is -10.7. The number of unbranched alkanes of at least 4 members (excludes halogenated alkanes) is 2. The van der Waals surface area contributed by atoms with Crippen molar-refractivity contribution in [2.75, 3.05) is 0 Å². The standard InChI is InChI=1S/C36H36F10O/c1-2-3-4-5-20-17-27(37)25(28(38)18-20)13-7-19-6-12-24-26(16-19)33(41)35(43)30(31(24)39)22-10-8-21(9-11-22)23-14-15-29(34(42)32(23)40)47-36(44,45)46/h14-15,17-19,21-22H,2-13,16H2,1H3. The smallest absolute Gasteiger partial charge is 0.403 e. The molecule has 11 heteroatoms. The van der Waals surface area contributed by atoms with Crippen LogP contribution in [0.1, 0.15) is 110 Å². The molecule has 0 bridgehead atoms. The number of hydrogen-bond acceptors (Lipinski definition) is 1. The first kappa shape index (κ1) is 35.1. The second kappa shape index (κ2) is 14.5. The summed E-state index contributed by atoms with van der Waals surface area (Å²) in [6.45, 7) is 2.04. The summed E-state index contributed by atoms with van der Waals surface area (Å²) in [7, 11) is 0. The largest absolute Gasteiger partial charge is 0.573 e. The van der Waals surface area contributed by atoms with Crippen molar-refractivity contribution in [3.63, 3.8) is 0 Å². The molecule has 256 valence electrons. The van der Waals surface area contributed by atoms with Crippen LogP contribution in [0.4, 0.5) is 43.9 Å². The van der Waals surface area contributed by atoms with Crippen molar-refractivity contribution in [3.8, 4) is 5.75 Å². The van der Waals surface area contributed by atoms with Crippen LogP contribution < -0.4 is 4.74 Å². The van der Waals surface area contributed by atoms with Crippen molar-refractivity contribution < 1.29 is 48.6 Å². The Bertz CT molecular complexity index is 1570. The first-order chi connectivity index (χ1) is 22.3. The first-order valence-electron chi connectivity index (χ1n) is 16.2. The second-order valence-electron chi connectivity index (χ2n) is 12.8. The SMILES string of the molecule is CCCCCc1cc(F)c(CCC2CCc3c(F)c(C4CCC(c5ccc(OC(F)(F)F)c(F)c5F)CC4)c(F)c(F)c3C2)c(F)c1. The summed E-state index contributed by atoms with van der Waals surface area (Å²) in [5, 5.41) is 0. The van der Waals surface area contributed by atoms with Gasteiger partial charge in [0.2, 0.25) is 5.82 Å². The lowest BCUT2D eigenvalue weighted by Crippen LogP contribution is -2.23. The minimum atomic E-state index is -5.20. The van der Waals surface area contributed by atoms with E-state index in [0.717, 1.165) is 25.3 Å². The van der Waals surface area contributed by atoms with Crippen LogP contribution in [-0.4, -0.2) is 6.36 Å². The van der Waals surface area contributed by atoms with Crippen LogP contribution in [0.15, 0.2) is 24.3 Å². The van der Waals surface area contributed by atoms with Gasteiger partial charge in [-0.2, -0.15) is 4.39 Å². The fourth-order valence-corrected chi connectivity index (χ4v) is 7.32. The molecule has 1 saturated carbocycles. The van der Waals surface area contributed by atoms with Crippen LogP contribution in [0.2, 0.25) is 0 Å². The molecule has 47 heavy (non-hydrogen) atoms. The van der Waals surface area contributed by atoms with Crippen LogP contribution in [0.3, 0.4) is 0 Å². The maximum absolute atomic E-state index is 15.8. The molecule has 0 saturated heterocycles. The number of aryl methyl sites for hydroxylation is 1. The zero-order valence-electron chi connectivity index (χ0n) is 25.9. The average Bonchev–Trinajstić information content (AvgIpc) is 3.02. The number of benzene rings is 3. The lowest BCUT2D eigenvalue weighted by atomic mass is 9.73. The lowest BCUT2D eigenvalue weighted by Gasteiger charge is -2.32. The van der Waals surface area contributed by atoms with Gasteiger partial charge >= 0.3 is 6.36 Å². The van der Waals surface area contributed by atoms with Crippen LogP contribution >= 0.6 is 0 Å². The molecule has 0 radical (unpaired) electrons. The van der Waals surface area contributed by atoms with Gasteiger partial charge in [0.1, 0.15) is 17.5 Å². The highest BCUT2D eigenvalue weighted by molar-refractivity contribution is 5.41. The highest BCUT2D eigenvalue weighted by Crippen LogP contribution is 2.46. The summed E-state index contributed by atoms with van der Waals surface area (Å²) in [5.41, 5.74) is 0.00511. The predicted molar refractivity (Wildman–Crippen MR) is 157 cm³/mol. The van der Waals surface area contributed by atoms with E-state index in [0.29, 0.717) is 30.9 Å². The molecular weight excluding hydrogens is 638 g/mol. The molecule has 3 aromatic rings. The van der Waals surface area contributed by atoms with E-state index in [1.54, 1.807) is 0 Å². The molecule has 1 nitrogen and oxygen atoms in total. The molecular formula is C36H36F10O. The maximum atomic E-state index is 15.8. The van der Waals surface area contributed by atoms with E-state index in [9.17, 15) is 30.7 Å². The van der Waals surface area contributed by atoms with E-state index in [2.05, 4.69) is 4.74 Å². The van der Waals surface area contributed by atoms with Crippen molar-refractivity contribution in [2.45, 2.75) is 109 Å². The average molecular weight is 675 g/mol. The zero-order chi connectivity index (χ0) is 34.0. The molecule has 2 aliphatic carbocycles. The molecule has 1 atom stereocenters. The Balaban J connectivity index is 1.25. The van der Waals surface area contributed by atoms with E-state index in [1.807, 2.05) is 6.92 Å². The third kappa shape index (κ3) is 7.75. The van der Waals surface area contributed by atoms with E-state index >= 15 is 13.2 Å². The van der Waals surface area contributed by atoms with Crippen molar-refractivity contribution >= 4 is 0 Å². The lowest BCUT2D eigenvalue weighted by molar-refractivity contribution is -0.275. The Hall–Kier alpha value is -3.24. The van der Waals surface area contributed by atoms with E-state index in [1.165, 1.54) is 12.1 Å². The van der Waals surface area contributed by atoms with Gasteiger partial charge in [-0.3, -0.25) is 0 Å². The van der Waals surface area contributed by atoms with Gasteiger partial charge in [0, 0.05) is 11.1 Å². The molecule has 0 heterocycles. The van der Waals surface area contributed by atoms with Crippen molar-refractivity contribution in [1.29, 1.82) is 0 Å². The van der Waals surface area contributed by atoms with Gasteiger partial charge in [-0.15, -0.1) is 13.2 Å². The fourth-order valence-electron chi connectivity index (χ4n) is 7.32. The molecule has 1 unspecified atom stereocenters. The quantitative estimate of drug-likeness (QED) is 0.118. The summed E-state index contributed by atoms with van der Waals surface area (Å²) in [6.07, 6.45) is -0.330. The van der Waals surface area contributed by atoms with Gasteiger partial charge in [0.25, 0.3) is 0 Å². The van der Waals surface area contributed by atoms with E-state index < -0.39 is 64.7 Å². The molecule has 0 N–H and O–H groups in total. The maximum Gasteiger partial charge on any atom is 0.573 e. The minimum absolute atomic E-state index is 0.0270. The normalized spacial score (nSPS) is 19.9. The molecule has 2 aliphatic rings. The fraction of sp³-hybridized carbons (Fsp3) is 0.500. The molecule has 5 rings (SSSR count). The van der Waals surface area contributed by atoms with Gasteiger partial charge in [-0.25, -0.2) is 26.3 Å². The molecule has 0 amide bonds. The van der Waals surface area contributed by atoms with Crippen molar-refractivity contribution in [2.24, 2.45) is 5.92 Å². The molecule has 0 aromatic heterocycles. The summed E-state index contributed by atoms with van der Waals surface area (Å²) >= 11 is 0. The monoisotopic (exact) mass is 674 g/mol. The van der Waals surface area contributed by atoms with Gasteiger partial charge < -0.3 is 4.74 Å². The number of fused-ring (bicyclic) bond motifs is 1. The Morgan fingerprint density at radius 1 is 0.702 bits per heavy atom. The number of halogens is 10. The summed E-state index contributed by atoms with van der Waals surface area (Å²) in [4.78, 5) is 0. The Kier molecular flexibility index (Phi) is 10.8. The number of rotatable bonds is 10. The second-order valence-corrected chi connectivity index (χ2v) is 12.8. The summed E-state index contributed by atoms with van der Waals surface area (Å²) in [6, 6.07) is 4.40. The first-order valence-corrected chi connectivity index (χ1v) is 16.2. The Morgan fingerprint density at radius 3 is 2.00 bits per heavy atom. The highest BCUT2D eigenvalue weighted by Gasteiger charge is 2.37. The predicted octanol–water partition coefficient (Wildman–Crippen LogP) is 11.5. The van der Waals surface area contributed by atoms with Gasteiger partial charge in [0.15, 0.2) is 23.2 Å². The van der Waals surface area contributed by atoms with Gasteiger partial charge in [-0.05, 0) is 129 Å². The van der Waals surface area contributed by atoms with Crippen molar-refractivity contribution in [3.05, 3.63) is 98.4 Å². The molecule has 0 aliphatic heterocycles. The third-order valence-corrected chi connectivity index (χ3v) is 9.81. The van der Waals surface area contributed by atoms with Crippen LogP contribution in [0.25, 0.3) is 0 Å². The molecule has 1 fully saturated rings. The van der Waals surface area contributed by atoms with Crippen molar-refractivity contribution in [1.82, 2.24) is 0 Å². The van der Waals surface area contributed by atoms with Gasteiger partial charge in [-0.1, -0.05) is 25.8 Å². The Morgan fingerprint density at radius 2 is 1.36 bits per heavy atom. The third-order valence-electron chi connectivity index (χ3n) is 9.81. The van der Waals surface area contributed by atoms with E-state index in [-0.39, 0.29) is 78.7 Å². The van der Waals surface area contributed by atoms with Gasteiger partial charge in [0.05, 0.1) is 0 Å². The van der Waals surface area contributed by atoms with Crippen LogP contribution in [0, 0.1) is 46.6 Å². The van der Waals surface area contributed by atoms with Crippen LogP contribution in [0.5, 0.6) is 5.75 Å². The molecule has 0 spiro atoms. The molecule has 3 aromatic carbocycles. The summed E-state index contributed by atoms with van der Waals surface area (Å²) < 4.78 is 146. The number of alkyl halides is 3. The number of hydrogen-bond donors (Lipinski definition) is 0. The topological polar surface area (TPSA) is 9.23 Å². The van der Waals surface area contributed by atoms with E-state index in [4.69, 9.17) is 0 Å². The Labute approximate surface area is 267 Å². The minimum Gasteiger partial charge on any atom is -0.403 e.